The van der Waals surface area contributed by atoms with Crippen LogP contribution >= 0.6 is 0 Å². The minimum atomic E-state index is -1.04. The maximum atomic E-state index is 10.4. The Morgan fingerprint density at radius 2 is 2.21 bits per heavy atom. The molecule has 5 heteroatoms. The summed E-state index contributed by atoms with van der Waals surface area (Å²) in [7, 11) is 0. The molecule has 0 aliphatic heterocycles. The van der Waals surface area contributed by atoms with Crippen LogP contribution in [0.3, 0.4) is 0 Å². The van der Waals surface area contributed by atoms with Gasteiger partial charge in [-0.25, -0.2) is 4.79 Å². The number of carboxylic acid groups (broad SMARTS) is 1. The second kappa shape index (κ2) is 7.56. The second-order valence-corrected chi connectivity index (χ2v) is 4.15. The van der Waals surface area contributed by atoms with Crippen LogP contribution in [0.15, 0.2) is 36.4 Å². The monoisotopic (exact) mass is 266 g/mol. The summed E-state index contributed by atoms with van der Waals surface area (Å²) in [5.41, 5.74) is 0.637. The van der Waals surface area contributed by atoms with E-state index in [-0.39, 0.29) is 19.1 Å². The van der Waals surface area contributed by atoms with E-state index in [1.165, 1.54) is 6.08 Å². The van der Waals surface area contributed by atoms with E-state index in [0.717, 1.165) is 6.08 Å². The van der Waals surface area contributed by atoms with Crippen molar-refractivity contribution in [1.82, 2.24) is 0 Å². The van der Waals surface area contributed by atoms with Gasteiger partial charge in [-0.3, -0.25) is 0 Å². The first-order valence-electron chi connectivity index (χ1n) is 5.97. The minimum absolute atomic E-state index is 0.0788. The molecule has 5 nitrogen and oxygen atoms in total. The highest BCUT2D eigenvalue weighted by Gasteiger charge is 2.14. The summed E-state index contributed by atoms with van der Waals surface area (Å²) in [5.74, 6) is -0.816. The maximum Gasteiger partial charge on any atom is 0.327 e. The molecule has 0 fully saturated rings. The molecule has 0 aliphatic carbocycles. The predicted octanol–water partition coefficient (Wildman–Crippen LogP) is 1.37. The van der Waals surface area contributed by atoms with Gasteiger partial charge in [-0.15, -0.1) is 0 Å². The van der Waals surface area contributed by atoms with Crippen LogP contribution < -0.4 is 4.74 Å². The van der Waals surface area contributed by atoms with Crippen LogP contribution in [0.2, 0.25) is 0 Å². The largest absolute Gasteiger partial charge is 0.491 e. The number of carbonyl (C=O) groups is 1. The lowest BCUT2D eigenvalue weighted by Crippen LogP contribution is -2.08. The number of aliphatic hydroxyl groups is 2. The van der Waals surface area contributed by atoms with Crippen molar-refractivity contribution in [2.24, 2.45) is 5.92 Å². The summed E-state index contributed by atoms with van der Waals surface area (Å²) in [6, 6.07) is 6.87. The van der Waals surface area contributed by atoms with Crippen molar-refractivity contribution in [2.75, 3.05) is 13.2 Å². The number of aliphatic hydroxyl groups excluding tert-OH is 2. The van der Waals surface area contributed by atoms with Gasteiger partial charge in [-0.05, 0) is 17.7 Å². The van der Waals surface area contributed by atoms with Crippen LogP contribution in [0.4, 0.5) is 0 Å². The molecule has 1 rings (SSSR count). The lowest BCUT2D eigenvalue weighted by molar-refractivity contribution is -0.131. The zero-order chi connectivity index (χ0) is 14.3. The van der Waals surface area contributed by atoms with Gasteiger partial charge in [0, 0.05) is 12.0 Å². The fourth-order valence-corrected chi connectivity index (χ4v) is 1.59. The molecule has 0 saturated heterocycles. The summed E-state index contributed by atoms with van der Waals surface area (Å²) in [6.45, 7) is 1.84. The molecule has 3 N–H and O–H groups in total. The Balaban J connectivity index is 2.75. The Morgan fingerprint density at radius 3 is 2.84 bits per heavy atom. The van der Waals surface area contributed by atoms with Crippen LogP contribution in [0, 0.1) is 5.92 Å². The van der Waals surface area contributed by atoms with E-state index in [2.05, 4.69) is 0 Å². The van der Waals surface area contributed by atoms with Gasteiger partial charge in [0.15, 0.2) is 0 Å². The Kier molecular flexibility index (Phi) is 6.05. The van der Waals surface area contributed by atoms with Crippen LogP contribution in [-0.2, 0) is 4.79 Å². The Hall–Kier alpha value is -1.85. The zero-order valence-electron chi connectivity index (χ0n) is 10.7. The van der Waals surface area contributed by atoms with Crippen LogP contribution in [-0.4, -0.2) is 34.5 Å². The maximum absolute atomic E-state index is 10.4. The van der Waals surface area contributed by atoms with Gasteiger partial charge in [0.1, 0.15) is 12.4 Å². The molecule has 0 heterocycles. The van der Waals surface area contributed by atoms with E-state index in [9.17, 15) is 9.90 Å². The summed E-state index contributed by atoms with van der Waals surface area (Å²) in [4.78, 5) is 10.4. The molecule has 0 unspecified atom stereocenters. The average molecular weight is 266 g/mol. The number of aliphatic carboxylic acids is 1. The van der Waals surface area contributed by atoms with Gasteiger partial charge in [0.2, 0.25) is 0 Å². The Labute approximate surface area is 111 Å². The third-order valence-electron chi connectivity index (χ3n) is 2.60. The normalized spacial score (nSPS) is 14.3. The van der Waals surface area contributed by atoms with Crippen molar-refractivity contribution in [2.45, 2.75) is 13.0 Å². The number of carboxylic acids is 1. The third kappa shape index (κ3) is 5.11. The number of benzene rings is 1. The van der Waals surface area contributed by atoms with E-state index in [0.29, 0.717) is 11.3 Å². The molecule has 0 aromatic heterocycles. The molecule has 0 bridgehead atoms. The summed E-state index contributed by atoms with van der Waals surface area (Å²) in [5, 5.41) is 27.3. The van der Waals surface area contributed by atoms with Crippen molar-refractivity contribution in [1.29, 1.82) is 0 Å². The first-order valence-corrected chi connectivity index (χ1v) is 5.97. The van der Waals surface area contributed by atoms with Gasteiger partial charge in [0.25, 0.3) is 0 Å². The highest BCUT2D eigenvalue weighted by Crippen LogP contribution is 2.25. The van der Waals surface area contributed by atoms with Gasteiger partial charge in [-0.1, -0.05) is 25.1 Å². The molecule has 2 atom stereocenters. The SMILES string of the molecule is C[C@H](/C=C/C(=O)O)[C@H](O)c1cccc(OCCO)c1. The van der Waals surface area contributed by atoms with E-state index in [1.54, 1.807) is 31.2 Å². The van der Waals surface area contributed by atoms with Gasteiger partial charge in [-0.2, -0.15) is 0 Å². The summed E-state index contributed by atoms with van der Waals surface area (Å²) < 4.78 is 5.25. The summed E-state index contributed by atoms with van der Waals surface area (Å²) >= 11 is 0. The standard InChI is InChI=1S/C14H18O5/c1-10(5-6-13(16)17)14(18)11-3-2-4-12(9-11)19-8-7-15/h2-6,9-10,14-15,18H,7-8H2,1H3,(H,16,17)/b6-5+/t10-,14+/m1/s1. The molecule has 0 spiro atoms. The molecule has 0 radical (unpaired) electrons. The van der Waals surface area contributed by atoms with Gasteiger partial charge < -0.3 is 20.1 Å². The van der Waals surface area contributed by atoms with Crippen molar-refractivity contribution in [3.63, 3.8) is 0 Å². The molecule has 0 saturated carbocycles. The quantitative estimate of drug-likeness (QED) is 0.649. The summed E-state index contributed by atoms with van der Waals surface area (Å²) in [6.07, 6.45) is 1.64. The van der Waals surface area contributed by atoms with E-state index in [4.69, 9.17) is 14.9 Å². The lowest BCUT2D eigenvalue weighted by atomic mass is 9.97. The van der Waals surface area contributed by atoms with E-state index in [1.807, 2.05) is 0 Å². The van der Waals surface area contributed by atoms with E-state index < -0.39 is 12.1 Å². The fraction of sp³-hybridized carbons (Fsp3) is 0.357. The second-order valence-electron chi connectivity index (χ2n) is 4.15. The Morgan fingerprint density at radius 1 is 1.47 bits per heavy atom. The molecule has 1 aromatic carbocycles. The fourth-order valence-electron chi connectivity index (χ4n) is 1.59. The van der Waals surface area contributed by atoms with Crippen molar-refractivity contribution in [3.8, 4) is 5.75 Å². The molecule has 0 aliphatic rings. The highest BCUT2D eigenvalue weighted by molar-refractivity contribution is 5.79. The third-order valence-corrected chi connectivity index (χ3v) is 2.60. The van der Waals surface area contributed by atoms with Crippen molar-refractivity contribution < 1.29 is 24.9 Å². The first-order chi connectivity index (χ1) is 9.04. The smallest absolute Gasteiger partial charge is 0.327 e. The van der Waals surface area contributed by atoms with Gasteiger partial charge >= 0.3 is 5.97 Å². The van der Waals surface area contributed by atoms with Crippen LogP contribution in [0.5, 0.6) is 5.75 Å². The van der Waals surface area contributed by atoms with Crippen molar-refractivity contribution in [3.05, 3.63) is 42.0 Å². The van der Waals surface area contributed by atoms with E-state index >= 15 is 0 Å². The van der Waals surface area contributed by atoms with Crippen LogP contribution in [0.25, 0.3) is 0 Å². The van der Waals surface area contributed by atoms with Gasteiger partial charge in [0.05, 0.1) is 12.7 Å². The lowest BCUT2D eigenvalue weighted by Gasteiger charge is -2.16. The molecule has 1 aromatic rings. The minimum Gasteiger partial charge on any atom is -0.491 e. The molecular weight excluding hydrogens is 248 g/mol. The number of ether oxygens (including phenoxy) is 1. The number of hydrogen-bond donors (Lipinski definition) is 3. The molecule has 104 valence electrons. The molecule has 0 amide bonds. The Bertz CT molecular complexity index is 441. The van der Waals surface area contributed by atoms with Crippen LogP contribution in [0.1, 0.15) is 18.6 Å². The molecular formula is C14H18O5. The predicted molar refractivity (Wildman–Crippen MR) is 69.9 cm³/mol. The number of rotatable bonds is 7. The average Bonchev–Trinajstić information content (AvgIpc) is 2.41. The topological polar surface area (TPSA) is 87.0 Å². The van der Waals surface area contributed by atoms with Crippen molar-refractivity contribution >= 4 is 5.97 Å². The first kappa shape index (κ1) is 15.2. The zero-order valence-corrected chi connectivity index (χ0v) is 10.7. The number of hydrogen-bond acceptors (Lipinski definition) is 4. The highest BCUT2D eigenvalue weighted by atomic mass is 16.5. The molecule has 19 heavy (non-hydrogen) atoms.